The van der Waals surface area contributed by atoms with Gasteiger partial charge in [-0.1, -0.05) is 56.1 Å². The Balaban J connectivity index is 1.76. The Kier molecular flexibility index (Phi) is 7.67. The highest BCUT2D eigenvalue weighted by Gasteiger charge is 2.23. The van der Waals surface area contributed by atoms with Crippen LogP contribution in [0.5, 0.6) is 0 Å². The number of rotatable bonds is 6. The number of aromatic nitrogens is 2. The third-order valence-corrected chi connectivity index (χ3v) is 5.86. The molecule has 180 valence electrons. The first-order valence-corrected chi connectivity index (χ1v) is 11.6. The van der Waals surface area contributed by atoms with E-state index in [9.17, 15) is 9.59 Å². The quantitative estimate of drug-likeness (QED) is 0.457. The first-order valence-electron chi connectivity index (χ1n) is 11.3. The van der Waals surface area contributed by atoms with Crippen LogP contribution < -0.4 is 10.6 Å². The van der Waals surface area contributed by atoms with Gasteiger partial charge in [0.05, 0.1) is 11.4 Å². The van der Waals surface area contributed by atoms with Crippen molar-refractivity contribution in [2.24, 2.45) is 0 Å². The Bertz CT molecular complexity index is 1180. The van der Waals surface area contributed by atoms with E-state index in [4.69, 9.17) is 16.7 Å². The number of halogens is 1. The highest BCUT2D eigenvalue weighted by atomic mass is 35.5. The second-order valence-electron chi connectivity index (χ2n) is 9.37. The van der Waals surface area contributed by atoms with Crippen molar-refractivity contribution in [3.8, 4) is 5.69 Å². The Morgan fingerprint density at radius 2 is 1.71 bits per heavy atom. The lowest BCUT2D eigenvalue weighted by atomic mass is 9.92. The predicted octanol–water partition coefficient (Wildman–Crippen LogP) is 5.93. The third kappa shape index (κ3) is 6.17. The summed E-state index contributed by atoms with van der Waals surface area (Å²) in [6.45, 7) is 12.2. The normalized spacial score (nSPS) is 11.3. The van der Waals surface area contributed by atoms with Gasteiger partial charge in [-0.15, -0.1) is 0 Å². The number of hydrogen-bond acceptors (Lipinski definition) is 3. The molecule has 0 aliphatic heterocycles. The molecule has 0 radical (unpaired) electrons. The molecule has 0 saturated heterocycles. The molecule has 0 aliphatic carbocycles. The van der Waals surface area contributed by atoms with Gasteiger partial charge >= 0.3 is 6.03 Å². The molecule has 8 heteroatoms. The van der Waals surface area contributed by atoms with E-state index >= 15 is 0 Å². The molecule has 0 aliphatic rings. The van der Waals surface area contributed by atoms with Crippen molar-refractivity contribution in [2.75, 3.05) is 23.7 Å². The molecule has 34 heavy (non-hydrogen) atoms. The molecule has 2 aromatic carbocycles. The van der Waals surface area contributed by atoms with Gasteiger partial charge in [-0.3, -0.25) is 4.79 Å². The monoisotopic (exact) mass is 481 g/mol. The van der Waals surface area contributed by atoms with Crippen LogP contribution in [-0.2, 0) is 10.2 Å². The standard InChI is InChI=1S/C26H32ClN5O2/c1-7-31(25(34)28-19-11-10-18(3)21(27)14-19)16-24(33)29-23-15-22(26(4,5)6)30-32(23)20-12-8-17(2)9-13-20/h8-15H,7,16H2,1-6H3,(H,28,34)(H,29,33). The molecule has 0 saturated carbocycles. The van der Waals surface area contributed by atoms with E-state index in [1.165, 1.54) is 4.90 Å². The van der Waals surface area contributed by atoms with Gasteiger partial charge in [0.1, 0.15) is 12.4 Å². The molecule has 1 aromatic heterocycles. The van der Waals surface area contributed by atoms with Crippen molar-refractivity contribution in [1.82, 2.24) is 14.7 Å². The van der Waals surface area contributed by atoms with Crippen molar-refractivity contribution >= 4 is 35.0 Å². The van der Waals surface area contributed by atoms with Gasteiger partial charge in [0, 0.05) is 28.7 Å². The number of carbonyl (C=O) groups excluding carboxylic acids is 2. The number of carbonyl (C=O) groups is 2. The van der Waals surface area contributed by atoms with E-state index in [0.29, 0.717) is 23.1 Å². The van der Waals surface area contributed by atoms with Crippen molar-refractivity contribution in [3.63, 3.8) is 0 Å². The molecule has 0 bridgehead atoms. The zero-order chi connectivity index (χ0) is 25.0. The summed E-state index contributed by atoms with van der Waals surface area (Å²) in [5.74, 6) is 0.244. The summed E-state index contributed by atoms with van der Waals surface area (Å²) in [4.78, 5) is 27.1. The Morgan fingerprint density at radius 1 is 1.03 bits per heavy atom. The largest absolute Gasteiger partial charge is 0.322 e. The molecule has 3 aromatic rings. The van der Waals surface area contributed by atoms with Crippen LogP contribution in [0.3, 0.4) is 0 Å². The van der Waals surface area contributed by atoms with Crippen LogP contribution in [0.15, 0.2) is 48.5 Å². The van der Waals surface area contributed by atoms with Crippen LogP contribution in [0.4, 0.5) is 16.3 Å². The topological polar surface area (TPSA) is 79.3 Å². The second kappa shape index (κ2) is 10.3. The fourth-order valence-electron chi connectivity index (χ4n) is 3.28. The van der Waals surface area contributed by atoms with Crippen molar-refractivity contribution in [3.05, 3.63) is 70.4 Å². The minimum absolute atomic E-state index is 0.105. The van der Waals surface area contributed by atoms with Crippen molar-refractivity contribution in [2.45, 2.75) is 47.0 Å². The van der Waals surface area contributed by atoms with Gasteiger partial charge in [-0.25, -0.2) is 9.48 Å². The highest BCUT2D eigenvalue weighted by Crippen LogP contribution is 2.26. The van der Waals surface area contributed by atoms with E-state index in [0.717, 1.165) is 22.5 Å². The Morgan fingerprint density at radius 3 is 2.29 bits per heavy atom. The molecule has 0 atom stereocenters. The van der Waals surface area contributed by atoms with Crippen LogP contribution in [0.25, 0.3) is 5.69 Å². The average molecular weight is 482 g/mol. The summed E-state index contributed by atoms with van der Waals surface area (Å²) in [7, 11) is 0. The fourth-order valence-corrected chi connectivity index (χ4v) is 3.46. The number of urea groups is 1. The van der Waals surface area contributed by atoms with Crippen LogP contribution in [-0.4, -0.2) is 39.7 Å². The molecule has 7 nitrogen and oxygen atoms in total. The van der Waals surface area contributed by atoms with Crippen LogP contribution in [0.2, 0.25) is 5.02 Å². The Labute approximate surface area is 206 Å². The Hall–Kier alpha value is -3.32. The third-order valence-electron chi connectivity index (χ3n) is 5.45. The molecule has 2 N–H and O–H groups in total. The smallest absolute Gasteiger partial charge is 0.315 e. The van der Waals surface area contributed by atoms with E-state index in [1.54, 1.807) is 16.8 Å². The average Bonchev–Trinajstić information content (AvgIpc) is 3.19. The number of nitrogens with zero attached hydrogens (tertiary/aromatic N) is 3. The maximum absolute atomic E-state index is 12.9. The first-order chi connectivity index (χ1) is 16.0. The summed E-state index contributed by atoms with van der Waals surface area (Å²) in [6.07, 6.45) is 0. The van der Waals surface area contributed by atoms with E-state index in [-0.39, 0.29) is 23.9 Å². The minimum atomic E-state index is -0.375. The summed E-state index contributed by atoms with van der Waals surface area (Å²) in [5, 5.41) is 11.0. The predicted molar refractivity (Wildman–Crippen MR) is 138 cm³/mol. The van der Waals surface area contributed by atoms with Gasteiger partial charge in [0.25, 0.3) is 0 Å². The molecule has 0 fully saturated rings. The van der Waals surface area contributed by atoms with Crippen molar-refractivity contribution < 1.29 is 9.59 Å². The molecule has 3 rings (SSSR count). The number of amides is 3. The fraction of sp³-hybridized carbons (Fsp3) is 0.346. The lowest BCUT2D eigenvalue weighted by Crippen LogP contribution is -2.40. The summed E-state index contributed by atoms with van der Waals surface area (Å²) in [5.41, 5.74) is 4.14. The van der Waals surface area contributed by atoms with E-state index in [2.05, 4.69) is 31.4 Å². The maximum atomic E-state index is 12.9. The van der Waals surface area contributed by atoms with Crippen LogP contribution in [0.1, 0.15) is 44.5 Å². The molecular weight excluding hydrogens is 450 g/mol. The van der Waals surface area contributed by atoms with Gasteiger partial charge < -0.3 is 15.5 Å². The van der Waals surface area contributed by atoms with Gasteiger partial charge in [-0.05, 0) is 50.6 Å². The number of benzene rings is 2. The number of nitrogens with one attached hydrogen (secondary N) is 2. The SMILES string of the molecule is CCN(CC(=O)Nc1cc(C(C)(C)C)nn1-c1ccc(C)cc1)C(=O)Nc1ccc(C)c(Cl)c1. The summed E-state index contributed by atoms with van der Waals surface area (Å²) >= 11 is 6.16. The molecule has 3 amide bonds. The number of anilines is 2. The zero-order valence-electron chi connectivity index (χ0n) is 20.6. The lowest BCUT2D eigenvalue weighted by Gasteiger charge is -2.21. The number of hydrogen-bond donors (Lipinski definition) is 2. The van der Waals surface area contributed by atoms with Gasteiger partial charge in [0.15, 0.2) is 0 Å². The zero-order valence-corrected chi connectivity index (χ0v) is 21.3. The molecule has 0 spiro atoms. The van der Waals surface area contributed by atoms with Crippen LogP contribution >= 0.6 is 11.6 Å². The molecular formula is C26H32ClN5O2. The molecule has 0 unspecified atom stereocenters. The first kappa shape index (κ1) is 25.3. The second-order valence-corrected chi connectivity index (χ2v) is 9.78. The molecule has 1 heterocycles. The van der Waals surface area contributed by atoms with Gasteiger partial charge in [0.2, 0.25) is 5.91 Å². The minimum Gasteiger partial charge on any atom is -0.315 e. The van der Waals surface area contributed by atoms with E-state index < -0.39 is 0 Å². The number of aryl methyl sites for hydroxylation is 2. The maximum Gasteiger partial charge on any atom is 0.322 e. The summed E-state index contributed by atoms with van der Waals surface area (Å²) in [6, 6.07) is 14.7. The van der Waals surface area contributed by atoms with Gasteiger partial charge in [-0.2, -0.15) is 5.10 Å². The lowest BCUT2D eigenvalue weighted by molar-refractivity contribution is -0.116. The van der Waals surface area contributed by atoms with Crippen molar-refractivity contribution in [1.29, 1.82) is 0 Å². The van der Waals surface area contributed by atoms with E-state index in [1.807, 2.05) is 57.2 Å². The van der Waals surface area contributed by atoms with Crippen LogP contribution in [0, 0.1) is 13.8 Å². The number of likely N-dealkylation sites (N-methyl/N-ethyl adjacent to an activating group) is 1. The summed E-state index contributed by atoms with van der Waals surface area (Å²) < 4.78 is 1.72. The highest BCUT2D eigenvalue weighted by molar-refractivity contribution is 6.31.